The lowest BCUT2D eigenvalue weighted by molar-refractivity contribution is 0.932. The molecule has 0 bridgehead atoms. The van der Waals surface area contributed by atoms with Crippen LogP contribution in [-0.2, 0) is 6.54 Å². The van der Waals surface area contributed by atoms with E-state index in [2.05, 4.69) is 15.3 Å². The summed E-state index contributed by atoms with van der Waals surface area (Å²) in [7, 11) is 0. The number of pyridine rings is 1. The molecule has 0 amide bonds. The number of aromatic nitrogens is 3. The Morgan fingerprint density at radius 2 is 2.20 bits per heavy atom. The molecule has 3 heterocycles. The van der Waals surface area contributed by atoms with Crippen LogP contribution in [0.25, 0.3) is 5.82 Å². The van der Waals surface area contributed by atoms with Gasteiger partial charge >= 0.3 is 0 Å². The number of aryl methyl sites for hydroxylation is 1. The van der Waals surface area contributed by atoms with Crippen LogP contribution in [0.2, 0.25) is 0 Å². The first-order chi connectivity index (χ1) is 9.74. The van der Waals surface area contributed by atoms with Crippen molar-refractivity contribution in [1.82, 2.24) is 14.5 Å². The van der Waals surface area contributed by atoms with E-state index in [0.29, 0.717) is 6.54 Å². The Balaban J connectivity index is 1.71. The Hall–Kier alpha value is -2.34. The van der Waals surface area contributed by atoms with Gasteiger partial charge in [-0.2, -0.15) is 0 Å². The molecule has 3 rings (SSSR count). The van der Waals surface area contributed by atoms with E-state index >= 15 is 0 Å². The van der Waals surface area contributed by atoms with E-state index in [9.17, 15) is 0 Å². The Labute approximate surface area is 121 Å². The van der Waals surface area contributed by atoms with Gasteiger partial charge in [-0.15, -0.1) is 11.3 Å². The van der Waals surface area contributed by atoms with E-state index in [1.807, 2.05) is 47.5 Å². The molecule has 3 aromatic rings. The first-order valence-corrected chi connectivity index (χ1v) is 7.14. The van der Waals surface area contributed by atoms with Crippen molar-refractivity contribution >= 4 is 22.7 Å². The molecule has 0 aromatic carbocycles. The van der Waals surface area contributed by atoms with Gasteiger partial charge in [0, 0.05) is 23.0 Å². The first-order valence-electron chi connectivity index (χ1n) is 6.26. The number of hydrogen-bond acceptors (Lipinski definition) is 5. The van der Waals surface area contributed by atoms with Crippen molar-refractivity contribution in [1.29, 1.82) is 0 Å². The molecule has 0 saturated heterocycles. The summed E-state index contributed by atoms with van der Waals surface area (Å²) in [4.78, 5) is 9.77. The highest BCUT2D eigenvalue weighted by Crippen LogP contribution is 2.20. The molecule has 0 spiro atoms. The SMILES string of the molecule is Cc1nccn1-c1ccc(NCc2sccc2N)cn1. The van der Waals surface area contributed by atoms with Gasteiger partial charge < -0.3 is 11.1 Å². The molecule has 0 radical (unpaired) electrons. The summed E-state index contributed by atoms with van der Waals surface area (Å²) in [6.07, 6.45) is 5.48. The number of hydrogen-bond donors (Lipinski definition) is 2. The zero-order chi connectivity index (χ0) is 13.9. The zero-order valence-corrected chi connectivity index (χ0v) is 11.9. The molecule has 0 fully saturated rings. The quantitative estimate of drug-likeness (QED) is 0.773. The third-order valence-electron chi connectivity index (χ3n) is 3.05. The van der Waals surface area contributed by atoms with Crippen molar-refractivity contribution < 1.29 is 0 Å². The average molecular weight is 285 g/mol. The van der Waals surface area contributed by atoms with Crippen LogP contribution < -0.4 is 11.1 Å². The maximum Gasteiger partial charge on any atom is 0.138 e. The monoisotopic (exact) mass is 285 g/mol. The summed E-state index contributed by atoms with van der Waals surface area (Å²) in [6.45, 7) is 2.67. The third kappa shape index (κ3) is 2.50. The van der Waals surface area contributed by atoms with E-state index < -0.39 is 0 Å². The lowest BCUT2D eigenvalue weighted by Crippen LogP contribution is -2.02. The number of imidazole rings is 1. The van der Waals surface area contributed by atoms with Crippen molar-refractivity contribution in [3.8, 4) is 5.82 Å². The molecule has 102 valence electrons. The Bertz CT molecular complexity index is 698. The molecule has 3 N–H and O–H groups in total. The molecular formula is C14H15N5S. The second kappa shape index (κ2) is 5.34. The minimum atomic E-state index is 0.717. The first kappa shape index (κ1) is 12.7. The predicted octanol–water partition coefficient (Wildman–Crippen LogP) is 2.83. The number of nitrogens with zero attached hydrogens (tertiary/aromatic N) is 3. The Kier molecular flexibility index (Phi) is 3.39. The standard InChI is InChI=1S/C14H15N5S/c1-10-16-5-6-19(10)14-3-2-11(8-18-14)17-9-13-12(15)4-7-20-13/h2-8,17H,9,15H2,1H3. The molecular weight excluding hydrogens is 270 g/mol. The normalized spacial score (nSPS) is 10.7. The van der Waals surface area contributed by atoms with Gasteiger partial charge in [0.1, 0.15) is 11.6 Å². The van der Waals surface area contributed by atoms with Crippen LogP contribution in [0.15, 0.2) is 42.2 Å². The average Bonchev–Trinajstić information content (AvgIpc) is 3.06. The number of thiophene rings is 1. The molecule has 0 saturated carbocycles. The van der Waals surface area contributed by atoms with Gasteiger partial charge in [0.2, 0.25) is 0 Å². The van der Waals surface area contributed by atoms with Gasteiger partial charge in [-0.1, -0.05) is 0 Å². The van der Waals surface area contributed by atoms with Crippen LogP contribution in [0.3, 0.4) is 0 Å². The van der Waals surface area contributed by atoms with Gasteiger partial charge in [-0.25, -0.2) is 9.97 Å². The van der Waals surface area contributed by atoms with Crippen molar-refractivity contribution in [2.45, 2.75) is 13.5 Å². The van der Waals surface area contributed by atoms with Crippen LogP contribution in [0.1, 0.15) is 10.7 Å². The topological polar surface area (TPSA) is 68.8 Å². The highest BCUT2D eigenvalue weighted by molar-refractivity contribution is 7.10. The van der Waals surface area contributed by atoms with Crippen molar-refractivity contribution in [2.24, 2.45) is 0 Å². The number of nitrogen functional groups attached to an aromatic ring is 1. The molecule has 6 heteroatoms. The molecule has 0 aliphatic rings. The fourth-order valence-electron chi connectivity index (χ4n) is 1.93. The van der Waals surface area contributed by atoms with E-state index in [4.69, 9.17) is 5.73 Å². The Morgan fingerprint density at radius 1 is 1.30 bits per heavy atom. The van der Waals surface area contributed by atoms with Gasteiger partial charge in [0.05, 0.1) is 18.4 Å². The molecule has 20 heavy (non-hydrogen) atoms. The fourth-order valence-corrected chi connectivity index (χ4v) is 2.67. The zero-order valence-electron chi connectivity index (χ0n) is 11.1. The van der Waals surface area contributed by atoms with Crippen molar-refractivity contribution in [3.05, 3.63) is 52.9 Å². The molecule has 5 nitrogen and oxygen atoms in total. The van der Waals surface area contributed by atoms with Crippen LogP contribution in [0.4, 0.5) is 11.4 Å². The van der Waals surface area contributed by atoms with Gasteiger partial charge in [0.15, 0.2) is 0 Å². The summed E-state index contributed by atoms with van der Waals surface area (Å²) in [5.41, 5.74) is 7.66. The lowest BCUT2D eigenvalue weighted by atomic mass is 10.3. The second-order valence-corrected chi connectivity index (χ2v) is 5.40. The minimum Gasteiger partial charge on any atom is -0.398 e. The maximum atomic E-state index is 5.85. The van der Waals surface area contributed by atoms with Gasteiger partial charge in [-0.3, -0.25) is 4.57 Å². The van der Waals surface area contributed by atoms with Crippen molar-refractivity contribution in [2.75, 3.05) is 11.1 Å². The van der Waals surface area contributed by atoms with E-state index in [1.165, 1.54) is 0 Å². The highest BCUT2D eigenvalue weighted by Gasteiger charge is 2.03. The minimum absolute atomic E-state index is 0.717. The summed E-state index contributed by atoms with van der Waals surface area (Å²) < 4.78 is 1.95. The number of nitrogens with two attached hydrogens (primary N) is 1. The van der Waals surface area contributed by atoms with Crippen molar-refractivity contribution in [3.63, 3.8) is 0 Å². The molecule has 0 aliphatic heterocycles. The summed E-state index contributed by atoms with van der Waals surface area (Å²) in [6, 6.07) is 5.89. The number of rotatable bonds is 4. The van der Waals surface area contributed by atoms with Crippen LogP contribution in [-0.4, -0.2) is 14.5 Å². The fraction of sp³-hybridized carbons (Fsp3) is 0.143. The van der Waals surface area contributed by atoms with E-state index in [-0.39, 0.29) is 0 Å². The van der Waals surface area contributed by atoms with Crippen LogP contribution >= 0.6 is 11.3 Å². The molecule has 3 aromatic heterocycles. The summed E-state index contributed by atoms with van der Waals surface area (Å²) >= 11 is 1.65. The largest absolute Gasteiger partial charge is 0.398 e. The Morgan fingerprint density at radius 3 is 2.80 bits per heavy atom. The van der Waals surface area contributed by atoms with Crippen LogP contribution in [0.5, 0.6) is 0 Å². The highest BCUT2D eigenvalue weighted by atomic mass is 32.1. The predicted molar refractivity (Wildman–Crippen MR) is 82.2 cm³/mol. The third-order valence-corrected chi connectivity index (χ3v) is 3.99. The summed E-state index contributed by atoms with van der Waals surface area (Å²) in [5, 5.41) is 5.31. The maximum absolute atomic E-state index is 5.85. The van der Waals surface area contributed by atoms with Gasteiger partial charge in [-0.05, 0) is 30.5 Å². The smallest absolute Gasteiger partial charge is 0.138 e. The van der Waals surface area contributed by atoms with E-state index in [1.54, 1.807) is 17.5 Å². The summed E-state index contributed by atoms with van der Waals surface area (Å²) in [5.74, 6) is 1.78. The second-order valence-electron chi connectivity index (χ2n) is 4.40. The molecule has 0 aliphatic carbocycles. The lowest BCUT2D eigenvalue weighted by Gasteiger charge is -2.07. The van der Waals surface area contributed by atoms with E-state index in [0.717, 1.165) is 27.9 Å². The van der Waals surface area contributed by atoms with Gasteiger partial charge in [0.25, 0.3) is 0 Å². The number of anilines is 2. The van der Waals surface area contributed by atoms with Crippen LogP contribution in [0, 0.1) is 6.92 Å². The molecule has 0 atom stereocenters. The number of nitrogens with one attached hydrogen (secondary N) is 1. The molecule has 0 unspecified atom stereocenters.